The molecule has 0 aliphatic carbocycles. The van der Waals surface area contributed by atoms with Gasteiger partial charge in [0.15, 0.2) is 5.16 Å². The lowest BCUT2D eigenvalue weighted by Gasteiger charge is -2.15. The third-order valence-corrected chi connectivity index (χ3v) is 4.09. The van der Waals surface area contributed by atoms with Crippen molar-refractivity contribution in [1.82, 2.24) is 14.8 Å². The molecule has 2 rings (SSSR count). The van der Waals surface area contributed by atoms with Gasteiger partial charge in [-0.05, 0) is 19.4 Å². The Morgan fingerprint density at radius 1 is 1.38 bits per heavy atom. The smallest absolute Gasteiger partial charge is 0.343 e. The van der Waals surface area contributed by atoms with Crippen molar-refractivity contribution in [3.8, 4) is 0 Å². The first-order valence-corrected chi connectivity index (χ1v) is 7.58. The molecule has 0 radical (unpaired) electrons. The van der Waals surface area contributed by atoms with Crippen LogP contribution in [0.5, 0.6) is 0 Å². The van der Waals surface area contributed by atoms with Crippen LogP contribution < -0.4 is 5.69 Å². The molecular weight excluding hydrogens is 290 g/mol. The van der Waals surface area contributed by atoms with Crippen molar-refractivity contribution in [3.05, 3.63) is 46.4 Å². The maximum absolute atomic E-state index is 12.2. The Bertz CT molecular complexity index is 651. The topological polar surface area (TPSA) is 77.0 Å². The van der Waals surface area contributed by atoms with Crippen LogP contribution in [0.2, 0.25) is 0 Å². The third-order valence-electron chi connectivity index (χ3n) is 2.87. The minimum absolute atomic E-state index is 0.282. The summed E-state index contributed by atoms with van der Waals surface area (Å²) >= 11 is 1.21. The minimum atomic E-state index is -0.549. The van der Waals surface area contributed by atoms with E-state index in [0.29, 0.717) is 18.3 Å². The number of hydrogen-bond donors (Lipinski definition) is 1. The van der Waals surface area contributed by atoms with Gasteiger partial charge in [-0.3, -0.25) is 9.36 Å². The van der Waals surface area contributed by atoms with Crippen LogP contribution in [0.3, 0.4) is 0 Å². The quantitative estimate of drug-likeness (QED) is 0.652. The van der Waals surface area contributed by atoms with Gasteiger partial charge in [-0.1, -0.05) is 42.1 Å². The van der Waals surface area contributed by atoms with E-state index >= 15 is 0 Å². The number of hydrogen-bond acceptors (Lipinski definition) is 5. The number of aromatic nitrogens is 3. The van der Waals surface area contributed by atoms with Crippen LogP contribution in [-0.2, 0) is 16.1 Å². The highest BCUT2D eigenvalue weighted by Crippen LogP contribution is 2.34. The summed E-state index contributed by atoms with van der Waals surface area (Å²) in [6.07, 6.45) is 0. The summed E-state index contributed by atoms with van der Waals surface area (Å²) in [5.74, 6) is -0.341. The summed E-state index contributed by atoms with van der Waals surface area (Å²) < 4.78 is 6.61. The molecule has 0 aliphatic heterocycles. The first-order valence-electron chi connectivity index (χ1n) is 6.70. The molecule has 112 valence electrons. The van der Waals surface area contributed by atoms with Crippen molar-refractivity contribution in [3.63, 3.8) is 0 Å². The molecule has 1 aromatic carbocycles. The van der Waals surface area contributed by atoms with E-state index in [4.69, 9.17) is 4.74 Å². The summed E-state index contributed by atoms with van der Waals surface area (Å²) in [6, 6.07) is 9.32. The Kier molecular flexibility index (Phi) is 5.21. The van der Waals surface area contributed by atoms with E-state index in [1.807, 2.05) is 37.3 Å². The van der Waals surface area contributed by atoms with Gasteiger partial charge in [0.1, 0.15) is 5.25 Å². The number of aromatic amines is 1. The van der Waals surface area contributed by atoms with Crippen LogP contribution in [0.4, 0.5) is 0 Å². The molecule has 6 nitrogen and oxygen atoms in total. The third kappa shape index (κ3) is 3.55. The van der Waals surface area contributed by atoms with E-state index in [2.05, 4.69) is 10.2 Å². The average molecular weight is 307 g/mol. The number of rotatable bonds is 6. The van der Waals surface area contributed by atoms with Crippen molar-refractivity contribution < 1.29 is 9.53 Å². The Labute approximate surface area is 126 Å². The fraction of sp³-hybridized carbons (Fsp3) is 0.357. The largest absolute Gasteiger partial charge is 0.465 e. The number of carbonyl (C=O) groups is 1. The lowest BCUT2D eigenvalue weighted by atomic mass is 10.1. The van der Waals surface area contributed by atoms with Crippen LogP contribution in [0, 0.1) is 0 Å². The zero-order valence-corrected chi connectivity index (χ0v) is 12.7. The molecule has 0 bridgehead atoms. The number of carbonyl (C=O) groups excluding carboxylic acids is 1. The highest BCUT2D eigenvalue weighted by Gasteiger charge is 2.25. The molecule has 0 fully saturated rings. The second-order valence-electron chi connectivity index (χ2n) is 4.22. The maximum Gasteiger partial charge on any atom is 0.343 e. The number of thioether (sulfide) groups is 1. The van der Waals surface area contributed by atoms with Crippen molar-refractivity contribution in [2.75, 3.05) is 6.61 Å². The van der Waals surface area contributed by atoms with Crippen LogP contribution in [0.15, 0.2) is 40.3 Å². The van der Waals surface area contributed by atoms with Gasteiger partial charge >= 0.3 is 11.7 Å². The van der Waals surface area contributed by atoms with E-state index in [0.717, 1.165) is 5.56 Å². The highest BCUT2D eigenvalue weighted by molar-refractivity contribution is 8.00. The van der Waals surface area contributed by atoms with Crippen LogP contribution >= 0.6 is 11.8 Å². The summed E-state index contributed by atoms with van der Waals surface area (Å²) in [5, 5.41) is 6.30. The predicted octanol–water partition coefficient (Wildman–Crippen LogP) is 1.99. The fourth-order valence-corrected chi connectivity index (χ4v) is 2.98. The zero-order valence-electron chi connectivity index (χ0n) is 11.9. The molecule has 1 heterocycles. The first kappa shape index (κ1) is 15.4. The summed E-state index contributed by atoms with van der Waals surface area (Å²) in [5.41, 5.74) is 0.537. The molecular formula is C14H17N3O3S. The predicted molar refractivity (Wildman–Crippen MR) is 80.2 cm³/mol. The van der Waals surface area contributed by atoms with Crippen molar-refractivity contribution in [2.45, 2.75) is 30.8 Å². The molecule has 21 heavy (non-hydrogen) atoms. The molecule has 0 amide bonds. The van der Waals surface area contributed by atoms with E-state index < -0.39 is 5.25 Å². The monoisotopic (exact) mass is 307 g/mol. The Hall–Kier alpha value is -2.02. The van der Waals surface area contributed by atoms with Gasteiger partial charge in [0.25, 0.3) is 0 Å². The Morgan fingerprint density at radius 2 is 2.10 bits per heavy atom. The van der Waals surface area contributed by atoms with Crippen LogP contribution in [0.25, 0.3) is 0 Å². The number of nitrogens with one attached hydrogen (secondary N) is 1. The number of ether oxygens (including phenoxy) is 1. The molecule has 0 saturated heterocycles. The Balaban J connectivity index is 2.32. The standard InChI is InChI=1S/C14H17N3O3S/c1-3-17-13(19)15-16-14(17)21-11(12(18)20-4-2)10-8-6-5-7-9-10/h5-9,11H,3-4H2,1-2H3,(H,15,19). The van der Waals surface area contributed by atoms with Crippen LogP contribution in [0.1, 0.15) is 24.7 Å². The van der Waals surface area contributed by atoms with Gasteiger partial charge in [-0.15, -0.1) is 5.10 Å². The number of nitrogens with zero attached hydrogens (tertiary/aromatic N) is 2. The summed E-state index contributed by atoms with van der Waals surface area (Å²) in [7, 11) is 0. The lowest BCUT2D eigenvalue weighted by molar-refractivity contribution is -0.142. The van der Waals surface area contributed by atoms with Gasteiger partial charge in [-0.25, -0.2) is 9.89 Å². The van der Waals surface area contributed by atoms with Gasteiger partial charge in [0.05, 0.1) is 6.61 Å². The summed E-state index contributed by atoms with van der Waals surface area (Å²) in [6.45, 7) is 4.41. The molecule has 1 N–H and O–H groups in total. The van der Waals surface area contributed by atoms with E-state index in [-0.39, 0.29) is 11.7 Å². The molecule has 1 atom stereocenters. The SMILES string of the molecule is CCOC(=O)C(Sc1n[nH]c(=O)n1CC)c1ccccc1. The van der Waals surface area contributed by atoms with Gasteiger partial charge in [0.2, 0.25) is 0 Å². The number of esters is 1. The van der Waals surface area contributed by atoms with Crippen molar-refractivity contribution in [1.29, 1.82) is 0 Å². The van der Waals surface area contributed by atoms with Gasteiger partial charge < -0.3 is 4.74 Å². The van der Waals surface area contributed by atoms with Crippen molar-refractivity contribution in [2.24, 2.45) is 0 Å². The van der Waals surface area contributed by atoms with Gasteiger partial charge in [0, 0.05) is 6.54 Å². The van der Waals surface area contributed by atoms with Crippen LogP contribution in [-0.4, -0.2) is 27.3 Å². The van der Waals surface area contributed by atoms with Gasteiger partial charge in [-0.2, -0.15) is 0 Å². The molecule has 1 unspecified atom stereocenters. The molecule has 1 aromatic heterocycles. The maximum atomic E-state index is 12.2. The molecule has 0 saturated carbocycles. The van der Waals surface area contributed by atoms with E-state index in [9.17, 15) is 9.59 Å². The first-order chi connectivity index (χ1) is 10.2. The number of benzene rings is 1. The number of H-pyrrole nitrogens is 1. The lowest BCUT2D eigenvalue weighted by Crippen LogP contribution is -2.18. The summed E-state index contributed by atoms with van der Waals surface area (Å²) in [4.78, 5) is 23.8. The second kappa shape index (κ2) is 7.12. The van der Waals surface area contributed by atoms with Crippen molar-refractivity contribution >= 4 is 17.7 Å². The zero-order chi connectivity index (χ0) is 15.2. The highest BCUT2D eigenvalue weighted by atomic mass is 32.2. The fourth-order valence-electron chi connectivity index (χ4n) is 1.88. The van der Waals surface area contributed by atoms with E-state index in [1.54, 1.807) is 6.92 Å². The minimum Gasteiger partial charge on any atom is -0.465 e. The second-order valence-corrected chi connectivity index (χ2v) is 5.29. The van der Waals surface area contributed by atoms with E-state index in [1.165, 1.54) is 16.3 Å². The average Bonchev–Trinajstić information content (AvgIpc) is 2.85. The molecule has 2 aromatic rings. The normalized spacial score (nSPS) is 12.1. The Morgan fingerprint density at radius 3 is 2.71 bits per heavy atom. The molecule has 0 aliphatic rings. The molecule has 7 heteroatoms. The molecule has 0 spiro atoms.